The van der Waals surface area contributed by atoms with Crippen LogP contribution in [-0.4, -0.2) is 11.6 Å². The second-order valence-electron chi connectivity index (χ2n) is 3.07. The Bertz CT molecular complexity index is 289. The molecule has 0 atom stereocenters. The number of hydrogen-bond donors (Lipinski definition) is 0. The van der Waals surface area contributed by atoms with Gasteiger partial charge in [0.05, 0.1) is 0 Å². The lowest BCUT2D eigenvalue weighted by Gasteiger charge is -2.07. The van der Waals surface area contributed by atoms with Gasteiger partial charge in [-0.1, -0.05) is 28.1 Å². The molecule has 0 aliphatic carbocycles. The Morgan fingerprint density at radius 3 is 2.79 bits per heavy atom. The molecule has 0 saturated heterocycles. The van der Waals surface area contributed by atoms with E-state index in [0.29, 0.717) is 5.88 Å². The van der Waals surface area contributed by atoms with Crippen LogP contribution in [0.1, 0.15) is 17.5 Å². The first-order valence-electron chi connectivity index (χ1n) is 4.59. The van der Waals surface area contributed by atoms with E-state index < -0.39 is 0 Å². The molecule has 3 heteroatoms. The van der Waals surface area contributed by atoms with E-state index in [2.05, 4.69) is 40.4 Å². The molecule has 1 aromatic carbocycles. The quantitative estimate of drug-likeness (QED) is 0.570. The van der Waals surface area contributed by atoms with Crippen LogP contribution >= 0.6 is 39.3 Å². The highest BCUT2D eigenvalue weighted by molar-refractivity contribution is 9.09. The molecule has 0 aliphatic heterocycles. The molecule has 0 aromatic heterocycles. The highest BCUT2D eigenvalue weighted by Crippen LogP contribution is 2.24. The number of rotatable bonds is 5. The fraction of sp³-hybridized carbons (Fsp3) is 0.455. The Labute approximate surface area is 104 Å². The number of halogens is 2. The van der Waals surface area contributed by atoms with Gasteiger partial charge in [0.25, 0.3) is 0 Å². The van der Waals surface area contributed by atoms with Crippen molar-refractivity contribution in [1.82, 2.24) is 0 Å². The zero-order valence-corrected chi connectivity index (χ0v) is 11.4. The minimum absolute atomic E-state index is 0.603. The fourth-order valence-corrected chi connectivity index (χ4v) is 2.48. The predicted octanol–water partition coefficient (Wildman–Crippen LogP) is 4.47. The Morgan fingerprint density at radius 1 is 1.43 bits per heavy atom. The molecule has 0 nitrogen and oxygen atoms in total. The highest BCUT2D eigenvalue weighted by atomic mass is 79.9. The summed E-state index contributed by atoms with van der Waals surface area (Å²) in [6, 6.07) is 6.52. The van der Waals surface area contributed by atoms with E-state index >= 15 is 0 Å². The number of benzene rings is 1. The maximum atomic E-state index is 5.80. The summed E-state index contributed by atoms with van der Waals surface area (Å²) in [6.45, 7) is 0. The fourth-order valence-electron chi connectivity index (χ4n) is 1.34. The molecule has 1 rings (SSSR count). The van der Waals surface area contributed by atoms with E-state index in [4.69, 9.17) is 11.6 Å². The molecule has 78 valence electrons. The van der Waals surface area contributed by atoms with E-state index in [-0.39, 0.29) is 0 Å². The van der Waals surface area contributed by atoms with Crippen molar-refractivity contribution in [3.63, 3.8) is 0 Å². The number of thioether (sulfide) groups is 1. The van der Waals surface area contributed by atoms with Crippen molar-refractivity contribution >= 4 is 39.3 Å². The molecular weight excluding hydrogens is 280 g/mol. The van der Waals surface area contributed by atoms with Crippen LogP contribution in [0.5, 0.6) is 0 Å². The van der Waals surface area contributed by atoms with Crippen molar-refractivity contribution in [2.75, 3.05) is 11.6 Å². The van der Waals surface area contributed by atoms with Gasteiger partial charge in [-0.05, 0) is 36.3 Å². The van der Waals surface area contributed by atoms with Gasteiger partial charge in [-0.3, -0.25) is 0 Å². The Balaban J connectivity index is 2.82. The maximum absolute atomic E-state index is 5.80. The van der Waals surface area contributed by atoms with Crippen molar-refractivity contribution in [2.24, 2.45) is 0 Å². The van der Waals surface area contributed by atoms with Crippen LogP contribution in [0.3, 0.4) is 0 Å². The molecule has 0 amide bonds. The summed E-state index contributed by atoms with van der Waals surface area (Å²) in [5.74, 6) is 0.603. The molecule has 0 saturated carbocycles. The largest absolute Gasteiger partial charge is 0.129 e. The predicted molar refractivity (Wildman–Crippen MR) is 69.9 cm³/mol. The molecule has 0 heterocycles. The summed E-state index contributed by atoms with van der Waals surface area (Å²) in [5.41, 5.74) is 2.64. The van der Waals surface area contributed by atoms with Crippen molar-refractivity contribution in [1.29, 1.82) is 0 Å². The van der Waals surface area contributed by atoms with Crippen molar-refractivity contribution in [3.8, 4) is 0 Å². The van der Waals surface area contributed by atoms with E-state index in [0.717, 1.165) is 11.8 Å². The first-order valence-corrected chi connectivity index (χ1v) is 7.47. The summed E-state index contributed by atoms with van der Waals surface area (Å²) >= 11 is 11.1. The second-order valence-corrected chi connectivity index (χ2v) is 4.98. The summed E-state index contributed by atoms with van der Waals surface area (Å²) in [5, 5.41) is 1.07. The first-order chi connectivity index (χ1) is 6.81. The van der Waals surface area contributed by atoms with Crippen molar-refractivity contribution in [2.45, 2.75) is 23.6 Å². The van der Waals surface area contributed by atoms with Gasteiger partial charge in [0.15, 0.2) is 0 Å². The standard InChI is InChI=1S/C11H14BrClS/c1-14-11-7-9(8-13)4-5-10(11)3-2-6-12/h4-5,7H,2-3,6,8H2,1H3. The third-order valence-corrected chi connectivity index (χ3v) is 3.77. The van der Waals surface area contributed by atoms with Crippen LogP contribution < -0.4 is 0 Å². The van der Waals surface area contributed by atoms with Gasteiger partial charge in [0.1, 0.15) is 0 Å². The van der Waals surface area contributed by atoms with Gasteiger partial charge in [0, 0.05) is 16.1 Å². The number of hydrogen-bond acceptors (Lipinski definition) is 1. The lowest BCUT2D eigenvalue weighted by Crippen LogP contribution is -1.91. The third-order valence-electron chi connectivity index (χ3n) is 2.09. The highest BCUT2D eigenvalue weighted by Gasteiger charge is 2.02. The molecule has 0 unspecified atom stereocenters. The minimum Gasteiger partial charge on any atom is -0.129 e. The summed E-state index contributed by atoms with van der Waals surface area (Å²) < 4.78 is 0. The molecule has 0 N–H and O–H groups in total. The minimum atomic E-state index is 0.603. The smallest absolute Gasteiger partial charge is 0.0474 e. The van der Waals surface area contributed by atoms with Crippen LogP contribution in [-0.2, 0) is 12.3 Å². The van der Waals surface area contributed by atoms with Gasteiger partial charge in [0.2, 0.25) is 0 Å². The van der Waals surface area contributed by atoms with Gasteiger partial charge in [-0.2, -0.15) is 0 Å². The number of aryl methyl sites for hydroxylation is 1. The average molecular weight is 294 g/mol. The first kappa shape index (κ1) is 12.4. The van der Waals surface area contributed by atoms with Gasteiger partial charge >= 0.3 is 0 Å². The van der Waals surface area contributed by atoms with Gasteiger partial charge < -0.3 is 0 Å². The van der Waals surface area contributed by atoms with E-state index in [9.17, 15) is 0 Å². The molecule has 14 heavy (non-hydrogen) atoms. The van der Waals surface area contributed by atoms with Crippen molar-refractivity contribution < 1.29 is 0 Å². The molecular formula is C11H14BrClS. The Morgan fingerprint density at radius 2 is 2.21 bits per heavy atom. The molecule has 1 aromatic rings. The van der Waals surface area contributed by atoms with E-state index in [1.165, 1.54) is 22.4 Å². The van der Waals surface area contributed by atoms with Crippen LogP contribution in [0, 0.1) is 0 Å². The van der Waals surface area contributed by atoms with Gasteiger partial charge in [-0.25, -0.2) is 0 Å². The Kier molecular flexibility index (Phi) is 5.99. The maximum Gasteiger partial charge on any atom is 0.0474 e. The molecule has 0 fully saturated rings. The SMILES string of the molecule is CSc1cc(CCl)ccc1CCCBr. The molecule has 0 spiro atoms. The van der Waals surface area contributed by atoms with E-state index in [1.807, 2.05) is 0 Å². The molecule has 0 bridgehead atoms. The lowest BCUT2D eigenvalue weighted by atomic mass is 10.1. The lowest BCUT2D eigenvalue weighted by molar-refractivity contribution is 0.915. The summed E-state index contributed by atoms with van der Waals surface area (Å²) in [6.07, 6.45) is 4.45. The van der Waals surface area contributed by atoms with Crippen LogP contribution in [0.2, 0.25) is 0 Å². The van der Waals surface area contributed by atoms with Crippen molar-refractivity contribution in [3.05, 3.63) is 29.3 Å². The van der Waals surface area contributed by atoms with Gasteiger partial charge in [-0.15, -0.1) is 23.4 Å². The summed E-state index contributed by atoms with van der Waals surface area (Å²) in [7, 11) is 0. The number of alkyl halides is 2. The van der Waals surface area contributed by atoms with E-state index in [1.54, 1.807) is 11.8 Å². The summed E-state index contributed by atoms with van der Waals surface area (Å²) in [4.78, 5) is 1.36. The zero-order chi connectivity index (χ0) is 10.4. The van der Waals surface area contributed by atoms with Crippen LogP contribution in [0.15, 0.2) is 23.1 Å². The monoisotopic (exact) mass is 292 g/mol. The van der Waals surface area contributed by atoms with Crippen LogP contribution in [0.25, 0.3) is 0 Å². The van der Waals surface area contributed by atoms with Crippen LogP contribution in [0.4, 0.5) is 0 Å². The second kappa shape index (κ2) is 6.76. The molecule has 0 radical (unpaired) electrons. The zero-order valence-electron chi connectivity index (χ0n) is 8.22. The molecule has 0 aliphatic rings. The third kappa shape index (κ3) is 3.48. The average Bonchev–Trinajstić information content (AvgIpc) is 2.26. The topological polar surface area (TPSA) is 0 Å². The normalized spacial score (nSPS) is 10.5. The Hall–Kier alpha value is 0.340.